The molecule has 1 aromatic heterocycles. The molecule has 20 heavy (non-hydrogen) atoms. The summed E-state index contributed by atoms with van der Waals surface area (Å²) < 4.78 is 7.48. The molecular weight excluding hydrogens is 276 g/mol. The van der Waals surface area contributed by atoms with Crippen molar-refractivity contribution < 1.29 is 4.74 Å². The molecular formula is C14H19ClN4O. The molecule has 1 unspecified atom stereocenters. The Balaban J connectivity index is 1.91. The van der Waals surface area contributed by atoms with E-state index in [0.29, 0.717) is 11.6 Å². The summed E-state index contributed by atoms with van der Waals surface area (Å²) in [5.41, 5.74) is 0.952. The van der Waals surface area contributed by atoms with E-state index in [1.807, 2.05) is 37.5 Å². The summed E-state index contributed by atoms with van der Waals surface area (Å²) in [4.78, 5) is 0. The minimum atomic E-state index is 0.190. The lowest BCUT2D eigenvalue weighted by Gasteiger charge is -2.17. The van der Waals surface area contributed by atoms with Gasteiger partial charge in [-0.15, -0.1) is 5.10 Å². The quantitative estimate of drug-likeness (QED) is 0.849. The smallest absolute Gasteiger partial charge is 0.120 e. The van der Waals surface area contributed by atoms with Gasteiger partial charge in [0.05, 0.1) is 5.69 Å². The van der Waals surface area contributed by atoms with Gasteiger partial charge >= 0.3 is 0 Å². The number of aryl methyl sites for hydroxylation is 1. The molecule has 1 heterocycles. The number of aromatic nitrogens is 3. The molecule has 2 rings (SSSR count). The van der Waals surface area contributed by atoms with Gasteiger partial charge in [0.1, 0.15) is 12.4 Å². The van der Waals surface area contributed by atoms with Crippen molar-refractivity contribution in [2.45, 2.75) is 19.4 Å². The van der Waals surface area contributed by atoms with Gasteiger partial charge in [-0.3, -0.25) is 4.68 Å². The van der Waals surface area contributed by atoms with Gasteiger partial charge in [0, 0.05) is 30.7 Å². The van der Waals surface area contributed by atoms with Gasteiger partial charge in [0.15, 0.2) is 0 Å². The van der Waals surface area contributed by atoms with Crippen molar-refractivity contribution in [3.63, 3.8) is 0 Å². The summed E-state index contributed by atoms with van der Waals surface area (Å²) in [7, 11) is 1.86. The molecule has 2 aromatic rings. The highest BCUT2D eigenvalue weighted by Crippen LogP contribution is 2.17. The van der Waals surface area contributed by atoms with Crippen molar-refractivity contribution >= 4 is 11.6 Å². The third-order valence-corrected chi connectivity index (χ3v) is 3.08. The van der Waals surface area contributed by atoms with E-state index in [-0.39, 0.29) is 6.04 Å². The maximum absolute atomic E-state index is 5.94. The average molecular weight is 295 g/mol. The minimum Gasteiger partial charge on any atom is -0.492 e. The number of hydrogen-bond acceptors (Lipinski definition) is 4. The number of hydrogen-bond donors (Lipinski definition) is 1. The lowest BCUT2D eigenvalue weighted by Crippen LogP contribution is -2.36. The Hall–Kier alpha value is -1.59. The highest BCUT2D eigenvalue weighted by atomic mass is 35.5. The zero-order valence-electron chi connectivity index (χ0n) is 11.7. The van der Waals surface area contributed by atoms with Crippen molar-refractivity contribution in [2.24, 2.45) is 7.05 Å². The summed E-state index contributed by atoms with van der Waals surface area (Å²) in [6, 6.07) is 7.61. The van der Waals surface area contributed by atoms with Crippen LogP contribution in [-0.2, 0) is 13.5 Å². The van der Waals surface area contributed by atoms with Crippen molar-refractivity contribution in [3.05, 3.63) is 41.2 Å². The predicted octanol–water partition coefficient (Wildman–Crippen LogP) is 2.07. The summed E-state index contributed by atoms with van der Waals surface area (Å²) in [6.07, 6.45) is 2.70. The van der Waals surface area contributed by atoms with Crippen molar-refractivity contribution in [3.8, 4) is 5.75 Å². The highest BCUT2D eigenvalue weighted by Gasteiger charge is 2.12. The number of rotatable bonds is 7. The van der Waals surface area contributed by atoms with Gasteiger partial charge < -0.3 is 10.1 Å². The maximum Gasteiger partial charge on any atom is 0.120 e. The molecule has 0 fully saturated rings. The molecule has 0 amide bonds. The van der Waals surface area contributed by atoms with Crippen LogP contribution in [0.3, 0.4) is 0 Å². The lowest BCUT2D eigenvalue weighted by molar-refractivity contribution is 0.264. The Bertz CT molecular complexity index is 543. The van der Waals surface area contributed by atoms with Gasteiger partial charge in [-0.05, 0) is 24.7 Å². The molecule has 108 valence electrons. The molecule has 1 aromatic carbocycles. The highest BCUT2D eigenvalue weighted by molar-refractivity contribution is 6.30. The van der Waals surface area contributed by atoms with Gasteiger partial charge in [-0.25, -0.2) is 0 Å². The molecule has 5 nitrogen and oxygen atoms in total. The number of halogens is 1. The third kappa shape index (κ3) is 4.51. The normalized spacial score (nSPS) is 12.3. The van der Waals surface area contributed by atoms with E-state index in [1.165, 1.54) is 0 Å². The molecule has 6 heteroatoms. The Kier molecular flexibility index (Phi) is 5.38. The van der Waals surface area contributed by atoms with Crippen LogP contribution in [0.5, 0.6) is 5.75 Å². The van der Waals surface area contributed by atoms with Crippen LogP contribution in [-0.4, -0.2) is 34.2 Å². The fourth-order valence-corrected chi connectivity index (χ4v) is 2.15. The second kappa shape index (κ2) is 7.26. The summed E-state index contributed by atoms with van der Waals surface area (Å²) in [6.45, 7) is 3.51. The molecule has 0 saturated carbocycles. The number of ether oxygens (including phenoxy) is 1. The zero-order chi connectivity index (χ0) is 14.4. The first kappa shape index (κ1) is 14.8. The number of likely N-dealkylation sites (N-methyl/N-ethyl adjacent to an activating group) is 1. The van der Waals surface area contributed by atoms with E-state index >= 15 is 0 Å². The fourth-order valence-electron chi connectivity index (χ4n) is 1.97. The van der Waals surface area contributed by atoms with E-state index in [0.717, 1.165) is 24.4 Å². The Morgan fingerprint density at radius 3 is 2.95 bits per heavy atom. The maximum atomic E-state index is 5.94. The first-order valence-electron chi connectivity index (χ1n) is 6.64. The van der Waals surface area contributed by atoms with Crippen LogP contribution < -0.4 is 10.1 Å². The fraction of sp³-hybridized carbons (Fsp3) is 0.429. The Labute approximate surface area is 123 Å². The van der Waals surface area contributed by atoms with E-state index in [9.17, 15) is 0 Å². The molecule has 0 bridgehead atoms. The van der Waals surface area contributed by atoms with E-state index < -0.39 is 0 Å². The van der Waals surface area contributed by atoms with Crippen LogP contribution in [0.1, 0.15) is 12.6 Å². The van der Waals surface area contributed by atoms with Crippen LogP contribution in [0, 0.1) is 0 Å². The first-order chi connectivity index (χ1) is 9.67. The van der Waals surface area contributed by atoms with Gasteiger partial charge in [-0.1, -0.05) is 29.8 Å². The van der Waals surface area contributed by atoms with E-state index in [1.54, 1.807) is 4.68 Å². The summed E-state index contributed by atoms with van der Waals surface area (Å²) in [5, 5.41) is 12.1. The minimum absolute atomic E-state index is 0.190. The third-order valence-electron chi connectivity index (χ3n) is 2.85. The predicted molar refractivity (Wildman–Crippen MR) is 79.1 cm³/mol. The molecule has 0 radical (unpaired) electrons. The summed E-state index contributed by atoms with van der Waals surface area (Å²) >= 11 is 5.94. The topological polar surface area (TPSA) is 52.0 Å². The average Bonchev–Trinajstić information content (AvgIpc) is 2.82. The lowest BCUT2D eigenvalue weighted by atomic mass is 10.2. The van der Waals surface area contributed by atoms with Crippen molar-refractivity contribution in [2.75, 3.05) is 13.2 Å². The molecule has 0 spiro atoms. The van der Waals surface area contributed by atoms with Crippen LogP contribution in [0.15, 0.2) is 30.5 Å². The second-order valence-corrected chi connectivity index (χ2v) is 5.05. The zero-order valence-corrected chi connectivity index (χ0v) is 12.5. The number of nitrogens with zero attached hydrogens (tertiary/aromatic N) is 3. The monoisotopic (exact) mass is 294 g/mol. The summed E-state index contributed by atoms with van der Waals surface area (Å²) in [5.74, 6) is 0.777. The Morgan fingerprint density at radius 1 is 1.45 bits per heavy atom. The van der Waals surface area contributed by atoms with Crippen LogP contribution in [0.4, 0.5) is 0 Å². The number of benzene rings is 1. The standard InChI is InChI=1S/C14H19ClN4O/c1-3-16-13(8-12-9-19(2)18-17-12)10-20-14-6-4-5-11(15)7-14/h4-7,9,13,16H,3,8,10H2,1-2H3. The molecule has 1 N–H and O–H groups in total. The molecule has 0 saturated heterocycles. The second-order valence-electron chi connectivity index (χ2n) is 4.61. The Morgan fingerprint density at radius 2 is 2.30 bits per heavy atom. The first-order valence-corrected chi connectivity index (χ1v) is 7.02. The molecule has 1 atom stereocenters. The van der Waals surface area contributed by atoms with E-state index in [4.69, 9.17) is 16.3 Å². The van der Waals surface area contributed by atoms with Crippen molar-refractivity contribution in [1.29, 1.82) is 0 Å². The number of nitrogens with one attached hydrogen (secondary N) is 1. The van der Waals surface area contributed by atoms with Crippen LogP contribution in [0.25, 0.3) is 0 Å². The van der Waals surface area contributed by atoms with Crippen molar-refractivity contribution in [1.82, 2.24) is 20.3 Å². The van der Waals surface area contributed by atoms with Gasteiger partial charge in [-0.2, -0.15) is 0 Å². The molecule has 0 aliphatic carbocycles. The van der Waals surface area contributed by atoms with Gasteiger partial charge in [0.25, 0.3) is 0 Å². The van der Waals surface area contributed by atoms with Gasteiger partial charge in [0.2, 0.25) is 0 Å². The largest absolute Gasteiger partial charge is 0.492 e. The molecule has 0 aliphatic heterocycles. The van der Waals surface area contributed by atoms with E-state index in [2.05, 4.69) is 22.6 Å². The van der Waals surface area contributed by atoms with Crippen LogP contribution >= 0.6 is 11.6 Å². The molecule has 0 aliphatic rings. The SMILES string of the molecule is CCNC(COc1cccc(Cl)c1)Cc1cn(C)nn1. The van der Waals surface area contributed by atoms with Crippen LogP contribution in [0.2, 0.25) is 5.02 Å².